The second kappa shape index (κ2) is 9.45. The van der Waals surface area contributed by atoms with Crippen molar-refractivity contribution < 1.29 is 14.3 Å². The van der Waals surface area contributed by atoms with E-state index in [1.807, 2.05) is 48.5 Å². The summed E-state index contributed by atoms with van der Waals surface area (Å²) in [5, 5.41) is 5.51. The Balaban J connectivity index is 1.70. The minimum absolute atomic E-state index is 0.136. The van der Waals surface area contributed by atoms with Crippen LogP contribution in [0, 0.1) is 0 Å². The molecular weight excluding hydrogens is 304 g/mol. The molecule has 0 saturated heterocycles. The van der Waals surface area contributed by atoms with Crippen LogP contribution in [0.4, 0.5) is 4.79 Å². The van der Waals surface area contributed by atoms with Gasteiger partial charge in [-0.05, 0) is 36.1 Å². The molecule has 5 nitrogen and oxygen atoms in total. The van der Waals surface area contributed by atoms with Crippen molar-refractivity contribution in [2.45, 2.75) is 19.8 Å². The van der Waals surface area contributed by atoms with Crippen LogP contribution in [0.3, 0.4) is 0 Å². The topological polar surface area (TPSA) is 59.6 Å². The quantitative estimate of drug-likeness (QED) is 0.732. The maximum absolute atomic E-state index is 11.8. The van der Waals surface area contributed by atoms with E-state index in [2.05, 4.69) is 17.6 Å². The molecule has 0 fully saturated rings. The predicted molar refractivity (Wildman–Crippen MR) is 94.5 cm³/mol. The van der Waals surface area contributed by atoms with E-state index < -0.39 is 0 Å². The largest absolute Gasteiger partial charge is 0.496 e. The number of ether oxygens (including phenoxy) is 2. The number of amides is 2. The van der Waals surface area contributed by atoms with E-state index in [4.69, 9.17) is 9.47 Å². The van der Waals surface area contributed by atoms with E-state index in [-0.39, 0.29) is 12.8 Å². The van der Waals surface area contributed by atoms with Crippen LogP contribution in [0.1, 0.15) is 18.1 Å². The number of para-hydroxylation sites is 2. The van der Waals surface area contributed by atoms with Crippen molar-refractivity contribution in [1.82, 2.24) is 10.6 Å². The van der Waals surface area contributed by atoms with Gasteiger partial charge in [-0.1, -0.05) is 43.3 Å². The van der Waals surface area contributed by atoms with Crippen molar-refractivity contribution in [2.24, 2.45) is 0 Å². The summed E-state index contributed by atoms with van der Waals surface area (Å²) in [5.74, 6) is 1.63. The van der Waals surface area contributed by atoms with E-state index in [1.165, 1.54) is 0 Å². The van der Waals surface area contributed by atoms with Gasteiger partial charge >= 0.3 is 6.03 Å². The Bertz CT molecular complexity index is 603. The molecule has 0 unspecified atom stereocenters. The second-order valence-electron chi connectivity index (χ2n) is 5.24. The zero-order chi connectivity index (χ0) is 17.2. The summed E-state index contributed by atoms with van der Waals surface area (Å²) in [6, 6.07) is 15.3. The molecule has 0 aliphatic carbocycles. The number of carbonyl (C=O) groups is 1. The fourth-order valence-corrected chi connectivity index (χ4v) is 2.40. The smallest absolute Gasteiger partial charge is 0.317 e. The van der Waals surface area contributed by atoms with Crippen molar-refractivity contribution >= 4 is 6.03 Å². The van der Waals surface area contributed by atoms with Crippen LogP contribution in [-0.4, -0.2) is 26.4 Å². The lowest BCUT2D eigenvalue weighted by Crippen LogP contribution is -2.38. The number of nitrogens with one attached hydrogen (secondary N) is 2. The zero-order valence-electron chi connectivity index (χ0n) is 14.2. The van der Waals surface area contributed by atoms with E-state index >= 15 is 0 Å². The number of urea groups is 1. The van der Waals surface area contributed by atoms with Crippen LogP contribution in [0.5, 0.6) is 11.5 Å². The molecule has 0 spiro atoms. The lowest BCUT2D eigenvalue weighted by molar-refractivity contribution is 0.223. The van der Waals surface area contributed by atoms with Crippen LogP contribution in [0.2, 0.25) is 0 Å². The highest BCUT2D eigenvalue weighted by Crippen LogP contribution is 2.18. The van der Waals surface area contributed by atoms with Gasteiger partial charge in [0.05, 0.1) is 7.11 Å². The normalized spacial score (nSPS) is 10.1. The molecule has 0 aliphatic heterocycles. The fraction of sp³-hybridized carbons (Fsp3) is 0.316. The van der Waals surface area contributed by atoms with E-state index in [0.717, 1.165) is 29.0 Å². The highest BCUT2D eigenvalue weighted by atomic mass is 16.5. The lowest BCUT2D eigenvalue weighted by atomic mass is 10.1. The van der Waals surface area contributed by atoms with Crippen molar-refractivity contribution in [3.05, 3.63) is 59.7 Å². The molecule has 24 heavy (non-hydrogen) atoms. The van der Waals surface area contributed by atoms with E-state index in [9.17, 15) is 4.79 Å². The van der Waals surface area contributed by atoms with Crippen molar-refractivity contribution in [1.29, 1.82) is 0 Å². The molecule has 0 atom stereocenters. The highest BCUT2D eigenvalue weighted by molar-refractivity contribution is 5.73. The third-order valence-corrected chi connectivity index (χ3v) is 3.69. The van der Waals surface area contributed by atoms with E-state index in [0.29, 0.717) is 13.0 Å². The highest BCUT2D eigenvalue weighted by Gasteiger charge is 2.04. The Morgan fingerprint density at radius 2 is 1.62 bits per heavy atom. The number of rotatable bonds is 8. The second-order valence-corrected chi connectivity index (χ2v) is 5.24. The maximum Gasteiger partial charge on any atom is 0.317 e. The van der Waals surface area contributed by atoms with Crippen molar-refractivity contribution in [3.8, 4) is 11.5 Å². The first-order valence-electron chi connectivity index (χ1n) is 8.09. The Hall–Kier alpha value is -2.69. The van der Waals surface area contributed by atoms with Gasteiger partial charge in [0, 0.05) is 6.54 Å². The number of benzene rings is 2. The van der Waals surface area contributed by atoms with Gasteiger partial charge in [0.25, 0.3) is 0 Å². The Morgan fingerprint density at radius 1 is 0.958 bits per heavy atom. The lowest BCUT2D eigenvalue weighted by Gasteiger charge is -2.12. The molecule has 0 saturated carbocycles. The third-order valence-electron chi connectivity index (χ3n) is 3.69. The van der Waals surface area contributed by atoms with Crippen LogP contribution in [-0.2, 0) is 12.8 Å². The number of hydrogen-bond acceptors (Lipinski definition) is 3. The standard InChI is InChI=1S/C19H24N2O3/c1-3-15-8-4-7-11-18(15)24-14-21-19(22)20-13-12-16-9-5-6-10-17(16)23-2/h4-11H,3,12-14H2,1-2H3,(H2,20,21,22). The number of hydrogen-bond donors (Lipinski definition) is 2. The molecule has 2 N–H and O–H groups in total. The van der Waals surface area contributed by atoms with Crippen LogP contribution >= 0.6 is 0 Å². The molecule has 0 bridgehead atoms. The summed E-state index contributed by atoms with van der Waals surface area (Å²) >= 11 is 0. The van der Waals surface area contributed by atoms with Crippen molar-refractivity contribution in [3.63, 3.8) is 0 Å². The van der Waals surface area contributed by atoms with Gasteiger partial charge in [-0.3, -0.25) is 0 Å². The molecule has 128 valence electrons. The van der Waals surface area contributed by atoms with Gasteiger partial charge in [0.15, 0.2) is 6.73 Å². The fourth-order valence-electron chi connectivity index (χ4n) is 2.40. The SMILES string of the molecule is CCc1ccccc1OCNC(=O)NCCc1ccccc1OC. The van der Waals surface area contributed by atoms with Crippen LogP contribution < -0.4 is 20.1 Å². The number of methoxy groups -OCH3 is 1. The molecule has 2 amide bonds. The van der Waals surface area contributed by atoms with Crippen LogP contribution in [0.15, 0.2) is 48.5 Å². The summed E-state index contributed by atoms with van der Waals surface area (Å²) in [5.41, 5.74) is 2.18. The van der Waals surface area contributed by atoms with Gasteiger partial charge in [-0.15, -0.1) is 0 Å². The summed E-state index contributed by atoms with van der Waals surface area (Å²) in [4.78, 5) is 11.8. The summed E-state index contributed by atoms with van der Waals surface area (Å²) < 4.78 is 10.9. The first kappa shape index (κ1) is 17.7. The molecule has 0 radical (unpaired) electrons. The number of aryl methyl sites for hydroxylation is 1. The third kappa shape index (κ3) is 5.19. The molecule has 0 aliphatic rings. The molecule has 2 aromatic rings. The molecule has 5 heteroatoms. The molecule has 2 aromatic carbocycles. The average Bonchev–Trinajstić information content (AvgIpc) is 2.62. The van der Waals surface area contributed by atoms with Gasteiger partial charge in [-0.2, -0.15) is 0 Å². The predicted octanol–water partition coefficient (Wildman–Crippen LogP) is 3.14. The van der Waals surface area contributed by atoms with Gasteiger partial charge in [-0.25, -0.2) is 4.79 Å². The number of carbonyl (C=O) groups excluding carboxylic acids is 1. The maximum atomic E-state index is 11.8. The van der Waals surface area contributed by atoms with Crippen LogP contribution in [0.25, 0.3) is 0 Å². The average molecular weight is 328 g/mol. The molecule has 0 heterocycles. The summed E-state index contributed by atoms with van der Waals surface area (Å²) in [7, 11) is 1.64. The first-order chi connectivity index (χ1) is 11.7. The van der Waals surface area contributed by atoms with Crippen molar-refractivity contribution in [2.75, 3.05) is 20.4 Å². The minimum Gasteiger partial charge on any atom is -0.496 e. The first-order valence-corrected chi connectivity index (χ1v) is 8.09. The van der Waals surface area contributed by atoms with E-state index in [1.54, 1.807) is 7.11 Å². The van der Waals surface area contributed by atoms with Gasteiger partial charge in [0.2, 0.25) is 0 Å². The molecule has 2 rings (SSSR count). The van der Waals surface area contributed by atoms with Gasteiger partial charge < -0.3 is 20.1 Å². The van der Waals surface area contributed by atoms with Gasteiger partial charge in [0.1, 0.15) is 11.5 Å². The zero-order valence-corrected chi connectivity index (χ0v) is 14.2. The summed E-state index contributed by atoms with van der Waals surface area (Å²) in [6.07, 6.45) is 1.60. The molecule has 0 aromatic heterocycles. The molecular formula is C19H24N2O3. The minimum atomic E-state index is -0.251. The monoisotopic (exact) mass is 328 g/mol. The Labute approximate surface area is 143 Å². The Morgan fingerprint density at radius 3 is 2.33 bits per heavy atom. The Kier molecular flexibility index (Phi) is 6.95. The summed E-state index contributed by atoms with van der Waals surface area (Å²) in [6.45, 7) is 2.73.